The van der Waals surface area contributed by atoms with Gasteiger partial charge in [0.15, 0.2) is 11.0 Å². The normalized spacial score (nSPS) is 11.8. The number of aryl methyl sites for hydroxylation is 1. The number of halogens is 1. The number of rotatable bonds is 6. The van der Waals surface area contributed by atoms with Gasteiger partial charge in [0.2, 0.25) is 0 Å². The molecule has 1 heterocycles. The van der Waals surface area contributed by atoms with Gasteiger partial charge in [0.25, 0.3) is 0 Å². The topological polar surface area (TPSA) is 54.5 Å². The van der Waals surface area contributed by atoms with E-state index in [-0.39, 0.29) is 5.25 Å². The van der Waals surface area contributed by atoms with E-state index in [0.717, 1.165) is 22.6 Å². The van der Waals surface area contributed by atoms with Gasteiger partial charge in [-0.05, 0) is 43.2 Å². The zero-order valence-corrected chi connectivity index (χ0v) is 17.9. The Morgan fingerprint density at radius 1 is 0.967 bits per heavy atom. The van der Waals surface area contributed by atoms with Gasteiger partial charge in [-0.3, -0.25) is 4.57 Å². The lowest BCUT2D eigenvalue weighted by Crippen LogP contribution is -2.07. The third-order valence-corrected chi connectivity index (χ3v) is 5.97. The van der Waals surface area contributed by atoms with Crippen LogP contribution >= 0.6 is 23.4 Å². The first-order valence-corrected chi connectivity index (χ1v) is 10.8. The fourth-order valence-electron chi connectivity index (χ4n) is 3.12. The zero-order valence-electron chi connectivity index (χ0n) is 16.4. The molecule has 0 bridgehead atoms. The summed E-state index contributed by atoms with van der Waals surface area (Å²) in [7, 11) is 0. The van der Waals surface area contributed by atoms with Gasteiger partial charge < -0.3 is 0 Å². The lowest BCUT2D eigenvalue weighted by molar-refractivity contribution is 0.877. The summed E-state index contributed by atoms with van der Waals surface area (Å²) in [5.74, 6) is 0.729. The third kappa shape index (κ3) is 4.56. The molecule has 0 saturated heterocycles. The summed E-state index contributed by atoms with van der Waals surface area (Å²) in [5.41, 5.74) is 4.19. The van der Waals surface area contributed by atoms with Crippen molar-refractivity contribution >= 4 is 23.4 Å². The Morgan fingerprint density at radius 3 is 2.33 bits per heavy atom. The highest BCUT2D eigenvalue weighted by molar-refractivity contribution is 8.00. The molecular formula is C24H19ClN4S. The van der Waals surface area contributed by atoms with Gasteiger partial charge in [-0.15, -0.1) is 10.2 Å². The van der Waals surface area contributed by atoms with Crippen LogP contribution in [-0.4, -0.2) is 20.0 Å². The van der Waals surface area contributed by atoms with E-state index in [1.165, 1.54) is 17.3 Å². The monoisotopic (exact) mass is 430 g/mol. The summed E-state index contributed by atoms with van der Waals surface area (Å²) in [6.45, 7) is 2.06. The van der Waals surface area contributed by atoms with Gasteiger partial charge >= 0.3 is 0 Å². The SMILES string of the molecule is Cc1ccc(CC(C#N)Sc2nnc(-c3ccccc3)n2-c2ccc(Cl)cc2)cc1. The van der Waals surface area contributed by atoms with Gasteiger partial charge in [0.1, 0.15) is 5.25 Å². The number of hydrogen-bond acceptors (Lipinski definition) is 4. The van der Waals surface area contributed by atoms with Gasteiger partial charge in [-0.2, -0.15) is 5.26 Å². The second kappa shape index (κ2) is 9.17. The van der Waals surface area contributed by atoms with Crippen LogP contribution in [0.5, 0.6) is 0 Å². The molecule has 1 atom stereocenters. The average Bonchev–Trinajstić information content (AvgIpc) is 3.19. The Bertz CT molecular complexity index is 1160. The molecule has 4 nitrogen and oxygen atoms in total. The summed E-state index contributed by atoms with van der Waals surface area (Å²) in [5, 5.41) is 19.7. The molecule has 4 aromatic rings. The van der Waals surface area contributed by atoms with Crippen molar-refractivity contribution in [2.45, 2.75) is 23.8 Å². The smallest absolute Gasteiger partial charge is 0.197 e. The lowest BCUT2D eigenvalue weighted by Gasteiger charge is -2.13. The van der Waals surface area contributed by atoms with Crippen LogP contribution in [0.2, 0.25) is 5.02 Å². The minimum Gasteiger partial charge on any atom is -0.270 e. The fourth-order valence-corrected chi connectivity index (χ4v) is 4.22. The van der Waals surface area contributed by atoms with Gasteiger partial charge in [0.05, 0.1) is 6.07 Å². The lowest BCUT2D eigenvalue weighted by atomic mass is 10.1. The van der Waals surface area contributed by atoms with Crippen molar-refractivity contribution in [3.63, 3.8) is 0 Å². The van der Waals surface area contributed by atoms with Crippen LogP contribution in [0, 0.1) is 18.3 Å². The standard InChI is InChI=1S/C24H19ClN4S/c1-17-7-9-18(10-8-17)15-22(16-26)30-24-28-27-23(19-5-3-2-4-6-19)29(24)21-13-11-20(25)12-14-21/h2-14,22H,15H2,1H3. The maximum atomic E-state index is 9.78. The first-order valence-electron chi connectivity index (χ1n) is 9.52. The fraction of sp³-hybridized carbons (Fsp3) is 0.125. The van der Waals surface area contributed by atoms with E-state index in [9.17, 15) is 5.26 Å². The molecule has 3 aromatic carbocycles. The predicted octanol–water partition coefficient (Wildman–Crippen LogP) is 6.12. The summed E-state index contributed by atoms with van der Waals surface area (Å²) in [6, 6.07) is 28.1. The Labute approximate surface area is 185 Å². The Kier molecular flexibility index (Phi) is 6.18. The molecule has 0 aliphatic rings. The molecule has 0 radical (unpaired) electrons. The Hall–Kier alpha value is -3.07. The number of thioether (sulfide) groups is 1. The number of nitrogens with zero attached hydrogens (tertiary/aromatic N) is 4. The van der Waals surface area contributed by atoms with E-state index in [1.807, 2.05) is 59.2 Å². The molecule has 1 unspecified atom stereocenters. The summed E-state index contributed by atoms with van der Waals surface area (Å²) >= 11 is 7.51. The summed E-state index contributed by atoms with van der Waals surface area (Å²) in [6.07, 6.45) is 0.635. The van der Waals surface area contributed by atoms with Crippen molar-refractivity contribution in [3.05, 3.63) is 95.0 Å². The molecule has 30 heavy (non-hydrogen) atoms. The van der Waals surface area contributed by atoms with E-state index >= 15 is 0 Å². The van der Waals surface area contributed by atoms with Crippen molar-refractivity contribution in [2.24, 2.45) is 0 Å². The van der Waals surface area contributed by atoms with Gasteiger partial charge in [-0.1, -0.05) is 83.5 Å². The third-order valence-electron chi connectivity index (χ3n) is 4.68. The van der Waals surface area contributed by atoms with Crippen molar-refractivity contribution in [2.75, 3.05) is 0 Å². The number of aromatic nitrogens is 3. The number of nitriles is 1. The molecule has 0 aliphatic heterocycles. The maximum absolute atomic E-state index is 9.78. The number of benzene rings is 3. The van der Waals surface area contributed by atoms with E-state index < -0.39 is 0 Å². The van der Waals surface area contributed by atoms with Crippen molar-refractivity contribution in [1.29, 1.82) is 5.26 Å². The molecule has 0 fully saturated rings. The highest BCUT2D eigenvalue weighted by atomic mass is 35.5. The first kappa shape index (κ1) is 20.2. The molecule has 0 aliphatic carbocycles. The largest absolute Gasteiger partial charge is 0.270 e. The van der Waals surface area contributed by atoms with Gasteiger partial charge in [0, 0.05) is 16.3 Å². The van der Waals surface area contributed by atoms with Gasteiger partial charge in [-0.25, -0.2) is 0 Å². The second-order valence-electron chi connectivity index (χ2n) is 6.91. The molecule has 0 amide bonds. The minimum absolute atomic E-state index is 0.286. The summed E-state index contributed by atoms with van der Waals surface area (Å²) < 4.78 is 1.98. The molecule has 0 saturated carbocycles. The van der Waals surface area contributed by atoms with Crippen LogP contribution in [0.1, 0.15) is 11.1 Å². The van der Waals surface area contributed by atoms with Crippen LogP contribution in [-0.2, 0) is 6.42 Å². The van der Waals surface area contributed by atoms with E-state index in [4.69, 9.17) is 11.6 Å². The van der Waals surface area contributed by atoms with Crippen molar-refractivity contribution in [3.8, 4) is 23.1 Å². The Balaban J connectivity index is 1.70. The summed E-state index contributed by atoms with van der Waals surface area (Å²) in [4.78, 5) is 0. The molecular weight excluding hydrogens is 412 g/mol. The maximum Gasteiger partial charge on any atom is 0.197 e. The molecule has 148 valence electrons. The highest BCUT2D eigenvalue weighted by Gasteiger charge is 2.20. The Morgan fingerprint density at radius 2 is 1.67 bits per heavy atom. The molecule has 0 spiro atoms. The van der Waals surface area contributed by atoms with E-state index in [2.05, 4.69) is 47.5 Å². The van der Waals surface area contributed by atoms with E-state index in [0.29, 0.717) is 16.6 Å². The second-order valence-corrected chi connectivity index (χ2v) is 8.52. The molecule has 4 rings (SSSR count). The average molecular weight is 431 g/mol. The predicted molar refractivity (Wildman–Crippen MR) is 122 cm³/mol. The number of hydrogen-bond donors (Lipinski definition) is 0. The zero-order chi connectivity index (χ0) is 20.9. The quantitative estimate of drug-likeness (QED) is 0.345. The van der Waals surface area contributed by atoms with Crippen LogP contribution < -0.4 is 0 Å². The highest BCUT2D eigenvalue weighted by Crippen LogP contribution is 2.31. The molecule has 1 aromatic heterocycles. The molecule has 6 heteroatoms. The molecule has 0 N–H and O–H groups in total. The van der Waals surface area contributed by atoms with Crippen molar-refractivity contribution < 1.29 is 0 Å². The van der Waals surface area contributed by atoms with Crippen molar-refractivity contribution in [1.82, 2.24) is 14.8 Å². The minimum atomic E-state index is -0.286. The van der Waals surface area contributed by atoms with Crippen LogP contribution in [0.3, 0.4) is 0 Å². The van der Waals surface area contributed by atoms with Crippen LogP contribution in [0.15, 0.2) is 84.0 Å². The van der Waals surface area contributed by atoms with Crippen LogP contribution in [0.25, 0.3) is 17.1 Å². The van der Waals surface area contributed by atoms with Crippen LogP contribution in [0.4, 0.5) is 0 Å². The van der Waals surface area contributed by atoms with E-state index in [1.54, 1.807) is 0 Å². The first-order chi connectivity index (χ1) is 14.6.